The van der Waals surface area contributed by atoms with Gasteiger partial charge in [0.1, 0.15) is 12.8 Å². The molecule has 0 radical (unpaired) electrons. The highest BCUT2D eigenvalue weighted by atomic mass is 19.1. The number of hydrogen-bond donors (Lipinski definition) is 0. The van der Waals surface area contributed by atoms with Crippen LogP contribution in [0.4, 0.5) is 4.39 Å². The van der Waals surface area contributed by atoms with E-state index < -0.39 is 6.17 Å². The van der Waals surface area contributed by atoms with Crippen molar-refractivity contribution < 1.29 is 9.13 Å². The first-order chi connectivity index (χ1) is 3.39. The van der Waals surface area contributed by atoms with Crippen molar-refractivity contribution in [3.8, 4) is 0 Å². The van der Waals surface area contributed by atoms with Crippen molar-refractivity contribution in [3.05, 3.63) is 12.3 Å². The minimum absolute atomic E-state index is 0.233. The third-order valence-electron chi connectivity index (χ3n) is 0.861. The average molecular weight is 102 g/mol. The fraction of sp³-hybridized carbons (Fsp3) is 0.600. The summed E-state index contributed by atoms with van der Waals surface area (Å²) >= 11 is 0. The summed E-state index contributed by atoms with van der Waals surface area (Å²) in [6.07, 6.45) is 2.97. The van der Waals surface area contributed by atoms with Gasteiger partial charge in [0.25, 0.3) is 0 Å². The normalized spacial score (nSPS) is 29.6. The monoisotopic (exact) mass is 102 g/mol. The van der Waals surface area contributed by atoms with E-state index in [2.05, 4.69) is 4.74 Å². The molecule has 2 heteroatoms. The van der Waals surface area contributed by atoms with Crippen LogP contribution in [-0.4, -0.2) is 12.8 Å². The molecule has 1 unspecified atom stereocenters. The van der Waals surface area contributed by atoms with Crippen LogP contribution < -0.4 is 0 Å². The Morgan fingerprint density at radius 3 is 2.86 bits per heavy atom. The van der Waals surface area contributed by atoms with Gasteiger partial charge >= 0.3 is 0 Å². The second-order valence-corrected chi connectivity index (χ2v) is 1.54. The SMILES string of the molecule is FC1CC=COC1. The van der Waals surface area contributed by atoms with Gasteiger partial charge in [0.15, 0.2) is 0 Å². The molecule has 1 rings (SSSR count). The van der Waals surface area contributed by atoms with Crippen LogP contribution in [0.2, 0.25) is 0 Å². The van der Waals surface area contributed by atoms with Crippen LogP contribution in [0.15, 0.2) is 12.3 Å². The number of hydrogen-bond acceptors (Lipinski definition) is 1. The van der Waals surface area contributed by atoms with Crippen molar-refractivity contribution >= 4 is 0 Å². The zero-order valence-electron chi connectivity index (χ0n) is 3.93. The van der Waals surface area contributed by atoms with E-state index in [1.807, 2.05) is 0 Å². The molecule has 0 saturated heterocycles. The molecular weight excluding hydrogens is 95.1 g/mol. The fourth-order valence-electron chi connectivity index (χ4n) is 0.499. The first kappa shape index (κ1) is 4.62. The van der Waals surface area contributed by atoms with E-state index in [9.17, 15) is 4.39 Å². The Bertz CT molecular complexity index is 80.1. The predicted octanol–water partition coefficient (Wildman–Crippen LogP) is 1.26. The molecule has 7 heavy (non-hydrogen) atoms. The lowest BCUT2D eigenvalue weighted by atomic mass is 10.3. The third kappa shape index (κ3) is 1.18. The van der Waals surface area contributed by atoms with Gasteiger partial charge in [0.2, 0.25) is 0 Å². The minimum Gasteiger partial charge on any atom is -0.498 e. The molecule has 0 saturated carbocycles. The largest absolute Gasteiger partial charge is 0.498 e. The predicted molar refractivity (Wildman–Crippen MR) is 24.6 cm³/mol. The summed E-state index contributed by atoms with van der Waals surface area (Å²) in [7, 11) is 0. The van der Waals surface area contributed by atoms with Gasteiger partial charge in [-0.1, -0.05) is 0 Å². The van der Waals surface area contributed by atoms with Gasteiger partial charge in [-0.2, -0.15) is 0 Å². The molecule has 1 nitrogen and oxygen atoms in total. The average Bonchev–Trinajstić information content (AvgIpc) is 1.69. The van der Waals surface area contributed by atoms with E-state index in [0.717, 1.165) is 0 Å². The molecule has 0 bridgehead atoms. The van der Waals surface area contributed by atoms with E-state index >= 15 is 0 Å². The van der Waals surface area contributed by atoms with E-state index in [1.54, 1.807) is 6.08 Å². The maximum Gasteiger partial charge on any atom is 0.137 e. The quantitative estimate of drug-likeness (QED) is 0.447. The van der Waals surface area contributed by atoms with Crippen LogP contribution in [0.25, 0.3) is 0 Å². The lowest BCUT2D eigenvalue weighted by Gasteiger charge is -2.08. The highest BCUT2D eigenvalue weighted by Gasteiger charge is 2.05. The number of alkyl halides is 1. The second-order valence-electron chi connectivity index (χ2n) is 1.54. The maximum atomic E-state index is 12.0. The van der Waals surface area contributed by atoms with Gasteiger partial charge in [-0.25, -0.2) is 4.39 Å². The first-order valence-corrected chi connectivity index (χ1v) is 2.30. The van der Waals surface area contributed by atoms with Crippen molar-refractivity contribution in [3.63, 3.8) is 0 Å². The van der Waals surface area contributed by atoms with Crippen molar-refractivity contribution in [2.24, 2.45) is 0 Å². The Labute approximate surface area is 41.8 Å². The van der Waals surface area contributed by atoms with Gasteiger partial charge in [0.05, 0.1) is 6.26 Å². The number of rotatable bonds is 0. The summed E-state index contributed by atoms with van der Waals surface area (Å²) in [5, 5.41) is 0. The molecule has 0 spiro atoms. The Hall–Kier alpha value is -0.530. The van der Waals surface area contributed by atoms with E-state index in [0.29, 0.717) is 6.42 Å². The van der Waals surface area contributed by atoms with Gasteiger partial charge in [-0.15, -0.1) is 0 Å². The van der Waals surface area contributed by atoms with Crippen LogP contribution >= 0.6 is 0 Å². The van der Waals surface area contributed by atoms with Crippen molar-refractivity contribution in [1.82, 2.24) is 0 Å². The molecule has 1 aliphatic rings. The molecule has 0 amide bonds. The van der Waals surface area contributed by atoms with Gasteiger partial charge in [-0.3, -0.25) is 0 Å². The summed E-state index contributed by atoms with van der Waals surface area (Å²) in [5.41, 5.74) is 0. The number of halogens is 1. The molecule has 0 aromatic carbocycles. The molecule has 40 valence electrons. The van der Waals surface area contributed by atoms with Crippen molar-refractivity contribution in [2.75, 3.05) is 6.61 Å². The molecule has 0 N–H and O–H groups in total. The fourth-order valence-corrected chi connectivity index (χ4v) is 0.499. The van der Waals surface area contributed by atoms with Gasteiger partial charge in [-0.05, 0) is 6.08 Å². The van der Waals surface area contributed by atoms with Crippen molar-refractivity contribution in [1.29, 1.82) is 0 Å². The Balaban J connectivity index is 2.32. The Kier molecular flexibility index (Phi) is 1.29. The van der Waals surface area contributed by atoms with Crippen LogP contribution in [-0.2, 0) is 4.74 Å². The molecule has 0 aromatic rings. The van der Waals surface area contributed by atoms with Crippen LogP contribution in [0, 0.1) is 0 Å². The summed E-state index contributed by atoms with van der Waals surface area (Å²) in [6, 6.07) is 0. The molecular formula is C5H7FO. The van der Waals surface area contributed by atoms with Crippen LogP contribution in [0.5, 0.6) is 0 Å². The van der Waals surface area contributed by atoms with Crippen LogP contribution in [0.3, 0.4) is 0 Å². The molecule has 1 aliphatic heterocycles. The Morgan fingerprint density at radius 1 is 1.71 bits per heavy atom. The zero-order chi connectivity index (χ0) is 5.11. The van der Waals surface area contributed by atoms with Gasteiger partial charge in [0, 0.05) is 6.42 Å². The summed E-state index contributed by atoms with van der Waals surface area (Å²) in [6.45, 7) is 0.233. The van der Waals surface area contributed by atoms with E-state index in [4.69, 9.17) is 0 Å². The third-order valence-corrected chi connectivity index (χ3v) is 0.861. The summed E-state index contributed by atoms with van der Waals surface area (Å²) in [4.78, 5) is 0. The highest BCUT2D eigenvalue weighted by Crippen LogP contribution is 2.04. The lowest BCUT2D eigenvalue weighted by Crippen LogP contribution is -2.09. The van der Waals surface area contributed by atoms with Gasteiger partial charge < -0.3 is 4.74 Å². The number of ether oxygens (including phenoxy) is 1. The summed E-state index contributed by atoms with van der Waals surface area (Å²) in [5.74, 6) is 0. The van der Waals surface area contributed by atoms with E-state index in [1.165, 1.54) is 6.26 Å². The highest BCUT2D eigenvalue weighted by molar-refractivity contribution is 4.82. The maximum absolute atomic E-state index is 12.0. The lowest BCUT2D eigenvalue weighted by molar-refractivity contribution is 0.141. The Morgan fingerprint density at radius 2 is 2.57 bits per heavy atom. The second kappa shape index (κ2) is 1.96. The standard InChI is InChI=1S/C5H7FO/c6-5-2-1-3-7-4-5/h1,3,5H,2,4H2. The molecule has 0 fully saturated rings. The molecule has 1 atom stereocenters. The zero-order valence-corrected chi connectivity index (χ0v) is 3.93. The summed E-state index contributed by atoms with van der Waals surface area (Å²) < 4.78 is 16.6. The van der Waals surface area contributed by atoms with Crippen molar-refractivity contribution in [2.45, 2.75) is 12.6 Å². The first-order valence-electron chi connectivity index (χ1n) is 2.30. The smallest absolute Gasteiger partial charge is 0.137 e. The van der Waals surface area contributed by atoms with Crippen LogP contribution in [0.1, 0.15) is 6.42 Å². The molecule has 0 aliphatic carbocycles. The topological polar surface area (TPSA) is 9.23 Å². The number of allylic oxidation sites excluding steroid dienone is 1. The molecule has 0 aromatic heterocycles. The molecule has 1 heterocycles. The minimum atomic E-state index is -0.773. The van der Waals surface area contributed by atoms with E-state index in [-0.39, 0.29) is 6.61 Å².